The zero-order chi connectivity index (χ0) is 14.7. The number of hydrogen-bond donors (Lipinski definition) is 1. The Morgan fingerprint density at radius 3 is 2.71 bits per heavy atom. The fourth-order valence-electron chi connectivity index (χ4n) is 3.27. The second-order valence-corrected chi connectivity index (χ2v) is 5.68. The van der Waals surface area contributed by atoms with Gasteiger partial charge in [0.2, 0.25) is 0 Å². The highest BCUT2D eigenvalue weighted by molar-refractivity contribution is 5.80. The summed E-state index contributed by atoms with van der Waals surface area (Å²) >= 11 is 0. The van der Waals surface area contributed by atoms with Gasteiger partial charge in [-0.05, 0) is 55.3 Å². The van der Waals surface area contributed by atoms with E-state index in [0.29, 0.717) is 5.92 Å². The van der Waals surface area contributed by atoms with Crippen molar-refractivity contribution in [2.45, 2.75) is 25.7 Å². The number of fused-ring (bicyclic) bond motifs is 1. The third-order valence-corrected chi connectivity index (χ3v) is 4.33. The smallest absolute Gasteiger partial charge is 0.0475 e. The summed E-state index contributed by atoms with van der Waals surface area (Å²) in [5, 5.41) is 3.27. The standard InChI is InChI=1S/C19H22N2/c1-14(18-9-5-6-11-21-18)19-16(10-12-20-2)13-15-7-3-4-8-17(15)19/h3-9,11,14,20H,10,12-13H2,1-2H3/t14-/m0/s1. The van der Waals surface area contributed by atoms with Crippen LogP contribution in [0, 0.1) is 0 Å². The minimum atomic E-state index is 0.349. The normalized spacial score (nSPS) is 15.1. The number of allylic oxidation sites excluding steroid dienone is 1. The van der Waals surface area contributed by atoms with Crippen molar-refractivity contribution in [2.75, 3.05) is 13.6 Å². The molecular formula is C19H22N2. The van der Waals surface area contributed by atoms with Crippen LogP contribution in [0.5, 0.6) is 0 Å². The Morgan fingerprint density at radius 2 is 1.95 bits per heavy atom. The molecule has 1 N–H and O–H groups in total. The molecular weight excluding hydrogens is 256 g/mol. The van der Waals surface area contributed by atoms with Gasteiger partial charge in [-0.25, -0.2) is 0 Å². The van der Waals surface area contributed by atoms with Crippen LogP contribution in [-0.2, 0) is 6.42 Å². The van der Waals surface area contributed by atoms with Crippen molar-refractivity contribution in [2.24, 2.45) is 0 Å². The van der Waals surface area contributed by atoms with Crippen molar-refractivity contribution in [1.82, 2.24) is 10.3 Å². The van der Waals surface area contributed by atoms with Crippen molar-refractivity contribution >= 4 is 5.57 Å². The Morgan fingerprint density at radius 1 is 1.14 bits per heavy atom. The molecule has 0 bridgehead atoms. The zero-order valence-electron chi connectivity index (χ0n) is 12.8. The highest BCUT2D eigenvalue weighted by Crippen LogP contribution is 2.42. The second-order valence-electron chi connectivity index (χ2n) is 5.68. The number of nitrogens with one attached hydrogen (secondary N) is 1. The van der Waals surface area contributed by atoms with Crippen LogP contribution in [-0.4, -0.2) is 18.6 Å². The lowest BCUT2D eigenvalue weighted by Crippen LogP contribution is -2.09. The van der Waals surface area contributed by atoms with Crippen molar-refractivity contribution in [1.29, 1.82) is 0 Å². The van der Waals surface area contributed by atoms with Crippen molar-refractivity contribution in [3.63, 3.8) is 0 Å². The fourth-order valence-corrected chi connectivity index (χ4v) is 3.27. The largest absolute Gasteiger partial charge is 0.319 e. The highest BCUT2D eigenvalue weighted by Gasteiger charge is 2.25. The van der Waals surface area contributed by atoms with Gasteiger partial charge in [-0.15, -0.1) is 0 Å². The molecule has 21 heavy (non-hydrogen) atoms. The summed E-state index contributed by atoms with van der Waals surface area (Å²) in [6.07, 6.45) is 4.09. The molecule has 1 aromatic heterocycles. The first-order valence-electron chi connectivity index (χ1n) is 7.67. The molecule has 0 radical (unpaired) electrons. The molecule has 0 aliphatic heterocycles. The van der Waals surface area contributed by atoms with E-state index >= 15 is 0 Å². The number of hydrogen-bond acceptors (Lipinski definition) is 2. The van der Waals surface area contributed by atoms with Crippen LogP contribution in [0.1, 0.15) is 36.1 Å². The fraction of sp³-hybridized carbons (Fsp3) is 0.316. The maximum atomic E-state index is 4.56. The Balaban J connectivity index is 2.01. The lowest BCUT2D eigenvalue weighted by atomic mass is 9.90. The van der Waals surface area contributed by atoms with E-state index in [-0.39, 0.29) is 0 Å². The van der Waals surface area contributed by atoms with Crippen molar-refractivity contribution < 1.29 is 0 Å². The lowest BCUT2D eigenvalue weighted by Gasteiger charge is -2.17. The Bertz CT molecular complexity index is 644. The van der Waals surface area contributed by atoms with Gasteiger partial charge in [0, 0.05) is 17.8 Å². The molecule has 2 heteroatoms. The molecule has 1 aliphatic rings. The third kappa shape index (κ3) is 2.77. The topological polar surface area (TPSA) is 24.9 Å². The van der Waals surface area contributed by atoms with Crippen LogP contribution in [0.2, 0.25) is 0 Å². The minimum Gasteiger partial charge on any atom is -0.319 e. The molecule has 0 amide bonds. The average Bonchev–Trinajstić information content (AvgIpc) is 2.91. The maximum absolute atomic E-state index is 4.56. The summed E-state index contributed by atoms with van der Waals surface area (Å²) in [5.41, 5.74) is 7.08. The van der Waals surface area contributed by atoms with E-state index in [1.54, 1.807) is 5.57 Å². The number of nitrogens with zero attached hydrogens (tertiary/aromatic N) is 1. The summed E-state index contributed by atoms with van der Waals surface area (Å²) < 4.78 is 0. The molecule has 3 rings (SSSR count). The van der Waals surface area contributed by atoms with Crippen molar-refractivity contribution in [3.05, 3.63) is 71.1 Å². The van der Waals surface area contributed by atoms with E-state index in [2.05, 4.69) is 53.6 Å². The average molecular weight is 278 g/mol. The first kappa shape index (κ1) is 14.0. The number of benzene rings is 1. The predicted octanol–water partition coefficient (Wildman–Crippen LogP) is 3.80. The van der Waals surface area contributed by atoms with Crippen molar-refractivity contribution in [3.8, 4) is 0 Å². The molecule has 0 unspecified atom stereocenters. The van der Waals surface area contributed by atoms with Gasteiger partial charge in [0.05, 0.1) is 0 Å². The SMILES string of the molecule is CNCCC1=C([C@@H](C)c2ccccn2)c2ccccc2C1. The van der Waals surface area contributed by atoms with Crippen LogP contribution >= 0.6 is 0 Å². The predicted molar refractivity (Wildman–Crippen MR) is 88.3 cm³/mol. The summed E-state index contributed by atoms with van der Waals surface area (Å²) in [4.78, 5) is 4.56. The Labute approximate surface area is 126 Å². The highest BCUT2D eigenvalue weighted by atomic mass is 14.8. The molecule has 108 valence electrons. The molecule has 2 nitrogen and oxygen atoms in total. The quantitative estimate of drug-likeness (QED) is 0.899. The van der Waals surface area contributed by atoms with Crippen LogP contribution in [0.25, 0.3) is 5.57 Å². The van der Waals surface area contributed by atoms with Gasteiger partial charge in [-0.3, -0.25) is 4.98 Å². The Kier molecular flexibility index (Phi) is 4.16. The van der Waals surface area contributed by atoms with Crippen LogP contribution in [0.3, 0.4) is 0 Å². The number of pyridine rings is 1. The first-order chi connectivity index (χ1) is 10.3. The molecule has 0 spiro atoms. The van der Waals surface area contributed by atoms with E-state index in [4.69, 9.17) is 0 Å². The lowest BCUT2D eigenvalue weighted by molar-refractivity contribution is 0.772. The molecule has 1 heterocycles. The monoisotopic (exact) mass is 278 g/mol. The van der Waals surface area contributed by atoms with Gasteiger partial charge >= 0.3 is 0 Å². The molecule has 2 aromatic rings. The summed E-state index contributed by atoms with van der Waals surface area (Å²) in [7, 11) is 2.02. The zero-order valence-corrected chi connectivity index (χ0v) is 12.8. The molecule has 0 fully saturated rings. The maximum Gasteiger partial charge on any atom is 0.0475 e. The van der Waals surface area contributed by atoms with Gasteiger partial charge in [0.15, 0.2) is 0 Å². The number of rotatable bonds is 5. The first-order valence-corrected chi connectivity index (χ1v) is 7.67. The van der Waals surface area contributed by atoms with Gasteiger partial charge in [0.1, 0.15) is 0 Å². The minimum absolute atomic E-state index is 0.349. The van der Waals surface area contributed by atoms with E-state index in [9.17, 15) is 0 Å². The molecule has 0 saturated carbocycles. The van der Waals surface area contributed by atoms with Gasteiger partial charge in [0.25, 0.3) is 0 Å². The summed E-state index contributed by atoms with van der Waals surface area (Å²) in [5.74, 6) is 0.349. The summed E-state index contributed by atoms with van der Waals surface area (Å²) in [6, 6.07) is 15.0. The van der Waals surface area contributed by atoms with E-state index < -0.39 is 0 Å². The molecule has 1 atom stereocenters. The number of aromatic nitrogens is 1. The van der Waals surface area contributed by atoms with Crippen LogP contribution < -0.4 is 5.32 Å². The third-order valence-electron chi connectivity index (χ3n) is 4.33. The van der Waals surface area contributed by atoms with Crippen LogP contribution in [0.15, 0.2) is 54.2 Å². The second kappa shape index (κ2) is 6.23. The van der Waals surface area contributed by atoms with E-state index in [0.717, 1.165) is 25.1 Å². The van der Waals surface area contributed by atoms with Gasteiger partial charge in [-0.1, -0.05) is 42.8 Å². The van der Waals surface area contributed by atoms with Gasteiger partial charge < -0.3 is 5.32 Å². The Hall–Kier alpha value is -1.93. The van der Waals surface area contributed by atoms with Crippen LogP contribution in [0.4, 0.5) is 0 Å². The molecule has 1 aliphatic carbocycles. The van der Waals surface area contributed by atoms with E-state index in [1.165, 1.54) is 16.7 Å². The molecule has 0 saturated heterocycles. The molecule has 1 aromatic carbocycles. The summed E-state index contributed by atoms with van der Waals surface area (Å²) in [6.45, 7) is 3.31. The van der Waals surface area contributed by atoms with E-state index in [1.807, 2.05) is 19.3 Å². The van der Waals surface area contributed by atoms with Gasteiger partial charge in [-0.2, -0.15) is 0 Å².